The molecule has 32 heavy (non-hydrogen) atoms. The maximum atomic E-state index is 2.44. The molecule has 0 bridgehead atoms. The zero-order valence-corrected chi connectivity index (χ0v) is 21.5. The van der Waals surface area contributed by atoms with Crippen molar-refractivity contribution >= 4 is 42.1 Å². The molecule has 0 aliphatic heterocycles. The average molecular weight is 489 g/mol. The van der Waals surface area contributed by atoms with Gasteiger partial charge in [-0.25, -0.2) is 0 Å². The number of benzene rings is 2. The van der Waals surface area contributed by atoms with Crippen LogP contribution in [-0.4, -0.2) is 28.6 Å². The second-order valence-corrected chi connectivity index (χ2v) is 11.9. The van der Waals surface area contributed by atoms with E-state index in [4.69, 9.17) is 0 Å². The van der Waals surface area contributed by atoms with E-state index in [-0.39, 0.29) is 5.41 Å². The summed E-state index contributed by atoms with van der Waals surface area (Å²) in [7, 11) is 6.34. The Morgan fingerprint density at radius 2 is 1.66 bits per heavy atom. The van der Waals surface area contributed by atoms with Crippen molar-refractivity contribution in [2.45, 2.75) is 26.7 Å². The molecular formula is C29H33N2Se+. The van der Waals surface area contributed by atoms with Crippen molar-refractivity contribution in [3.63, 3.8) is 0 Å². The predicted octanol–water partition coefficient (Wildman–Crippen LogP) is 6.19. The van der Waals surface area contributed by atoms with Gasteiger partial charge in [-0.1, -0.05) is 0 Å². The molecule has 4 rings (SSSR count). The number of aryl methyl sites for hydroxylation is 1. The molecule has 0 fully saturated rings. The van der Waals surface area contributed by atoms with Gasteiger partial charge in [0.15, 0.2) is 0 Å². The first-order valence-corrected chi connectivity index (χ1v) is 12.9. The fraction of sp³-hybridized carbons (Fsp3) is 0.276. The standard InChI is InChI=1S/C29H33N2Se/c1-29(2)20-23(11-7-6-10-22-14-16-25(17-15-22)30(3)4)18-24(21-29)19-28-31(5)26-12-8-9-13-27(26)32-28/h6-19H,20-21H2,1-5H3/q+1. The van der Waals surface area contributed by atoms with Crippen molar-refractivity contribution in [2.75, 3.05) is 19.0 Å². The molecule has 0 N–H and O–H groups in total. The van der Waals surface area contributed by atoms with Crippen LogP contribution >= 0.6 is 0 Å². The van der Waals surface area contributed by atoms with Crippen LogP contribution in [0.3, 0.4) is 0 Å². The molecule has 0 saturated heterocycles. The first-order chi connectivity index (χ1) is 15.3. The fourth-order valence-corrected chi connectivity index (χ4v) is 6.71. The number of hydrogen-bond donors (Lipinski definition) is 0. The minimum atomic E-state index is 0.281. The van der Waals surface area contributed by atoms with Crippen LogP contribution in [0.1, 0.15) is 36.8 Å². The monoisotopic (exact) mass is 489 g/mol. The Balaban J connectivity index is 1.53. The Morgan fingerprint density at radius 1 is 0.938 bits per heavy atom. The topological polar surface area (TPSA) is 7.12 Å². The van der Waals surface area contributed by atoms with Crippen molar-refractivity contribution in [3.8, 4) is 0 Å². The van der Waals surface area contributed by atoms with Crippen LogP contribution in [-0.2, 0) is 7.05 Å². The normalized spacial score (nSPS) is 17.5. The number of aromatic nitrogens is 1. The van der Waals surface area contributed by atoms with E-state index in [9.17, 15) is 0 Å². The summed E-state index contributed by atoms with van der Waals surface area (Å²) in [4.78, 5) is 2.12. The van der Waals surface area contributed by atoms with E-state index in [1.54, 1.807) is 0 Å². The van der Waals surface area contributed by atoms with Crippen LogP contribution in [0, 0.1) is 5.41 Å². The van der Waals surface area contributed by atoms with Gasteiger partial charge in [-0.05, 0) is 0 Å². The van der Waals surface area contributed by atoms with E-state index < -0.39 is 0 Å². The van der Waals surface area contributed by atoms with Crippen LogP contribution in [0.25, 0.3) is 21.9 Å². The predicted molar refractivity (Wildman–Crippen MR) is 140 cm³/mol. The molecule has 164 valence electrons. The number of para-hydroxylation sites is 1. The quantitative estimate of drug-likeness (QED) is 0.236. The minimum absolute atomic E-state index is 0.281. The van der Waals surface area contributed by atoms with Gasteiger partial charge in [0.2, 0.25) is 0 Å². The number of nitrogens with zero attached hydrogens (tertiary/aromatic N) is 2. The summed E-state index contributed by atoms with van der Waals surface area (Å²) in [6.45, 7) is 4.76. The molecule has 0 amide bonds. The van der Waals surface area contributed by atoms with E-state index in [0.29, 0.717) is 14.5 Å². The number of rotatable bonds is 5. The van der Waals surface area contributed by atoms with E-state index in [2.05, 4.69) is 129 Å². The Labute approximate surface area is 198 Å². The summed E-state index contributed by atoms with van der Waals surface area (Å²) in [5.74, 6) is 0. The van der Waals surface area contributed by atoms with Gasteiger partial charge in [-0.2, -0.15) is 0 Å². The molecule has 1 aliphatic carbocycles. The maximum absolute atomic E-state index is 2.44. The second kappa shape index (κ2) is 9.48. The van der Waals surface area contributed by atoms with Crippen molar-refractivity contribution in [2.24, 2.45) is 12.5 Å². The van der Waals surface area contributed by atoms with Crippen molar-refractivity contribution in [1.29, 1.82) is 0 Å². The summed E-state index contributed by atoms with van der Waals surface area (Å²) in [6.07, 6.45) is 15.9. The molecule has 0 spiro atoms. The molecule has 1 aliphatic rings. The number of fused-ring (bicyclic) bond motifs is 1. The van der Waals surface area contributed by atoms with Crippen LogP contribution in [0.15, 0.2) is 84.0 Å². The van der Waals surface area contributed by atoms with E-state index in [0.717, 1.165) is 12.8 Å². The third-order valence-corrected chi connectivity index (χ3v) is 8.38. The Bertz CT molecular complexity index is 1220. The summed E-state index contributed by atoms with van der Waals surface area (Å²) >= 11 is 0.384. The zero-order chi connectivity index (χ0) is 22.7. The summed E-state index contributed by atoms with van der Waals surface area (Å²) < 4.78 is 5.31. The van der Waals surface area contributed by atoms with Crippen LogP contribution in [0.4, 0.5) is 5.69 Å². The Hall–Kier alpha value is -2.61. The van der Waals surface area contributed by atoms with Crippen LogP contribution < -0.4 is 9.47 Å². The van der Waals surface area contributed by atoms with Gasteiger partial charge in [0, 0.05) is 19.8 Å². The summed E-state index contributed by atoms with van der Waals surface area (Å²) in [5, 5.41) is 0. The zero-order valence-electron chi connectivity index (χ0n) is 19.8. The molecule has 2 aromatic carbocycles. The van der Waals surface area contributed by atoms with Crippen molar-refractivity contribution in [3.05, 3.63) is 94.1 Å². The van der Waals surface area contributed by atoms with Crippen molar-refractivity contribution < 1.29 is 4.57 Å². The van der Waals surface area contributed by atoms with E-state index in [1.807, 2.05) is 0 Å². The molecule has 3 heteroatoms. The molecule has 0 atom stereocenters. The molecule has 2 nitrogen and oxygen atoms in total. The van der Waals surface area contributed by atoms with Gasteiger partial charge in [0.05, 0.1) is 0 Å². The summed E-state index contributed by atoms with van der Waals surface area (Å²) in [5.41, 5.74) is 6.95. The van der Waals surface area contributed by atoms with Gasteiger partial charge >= 0.3 is 174 Å². The van der Waals surface area contributed by atoms with Gasteiger partial charge in [-0.15, -0.1) is 0 Å². The molecule has 1 heterocycles. The van der Waals surface area contributed by atoms with Gasteiger partial charge in [0.25, 0.3) is 0 Å². The fourth-order valence-electron chi connectivity index (χ4n) is 4.34. The molecule has 0 radical (unpaired) electrons. The summed E-state index contributed by atoms with van der Waals surface area (Å²) in [6, 6.07) is 17.4. The second-order valence-electron chi connectivity index (χ2n) is 9.63. The molecule has 1 aromatic heterocycles. The third-order valence-electron chi connectivity index (χ3n) is 5.94. The molecular weight excluding hydrogens is 455 g/mol. The molecule has 0 unspecified atom stereocenters. The molecule has 0 saturated carbocycles. The van der Waals surface area contributed by atoms with Crippen molar-refractivity contribution in [1.82, 2.24) is 0 Å². The van der Waals surface area contributed by atoms with Gasteiger partial charge in [0.1, 0.15) is 0 Å². The number of anilines is 1. The molecule has 3 aromatic rings. The Kier molecular flexibility index (Phi) is 6.69. The van der Waals surface area contributed by atoms with E-state index >= 15 is 0 Å². The first-order valence-electron chi connectivity index (χ1n) is 11.2. The van der Waals surface area contributed by atoms with E-state index in [1.165, 1.54) is 36.7 Å². The van der Waals surface area contributed by atoms with Crippen LogP contribution in [0.2, 0.25) is 0 Å². The Morgan fingerprint density at radius 3 is 2.38 bits per heavy atom. The SMILES string of the molecule is CN(C)c1ccc(C=CC=CC2=CC(=Cc3[se]c4ccccc4[n+]3C)CC(C)(C)C2)cc1. The van der Waals surface area contributed by atoms with Gasteiger partial charge in [-0.3, -0.25) is 0 Å². The third kappa shape index (κ3) is 5.41. The average Bonchev–Trinajstić information content (AvgIpc) is 3.06. The first kappa shape index (κ1) is 22.6. The number of hydrogen-bond acceptors (Lipinski definition) is 1. The van der Waals surface area contributed by atoms with Crippen LogP contribution in [0.5, 0.6) is 0 Å². The van der Waals surface area contributed by atoms with Gasteiger partial charge < -0.3 is 4.90 Å². The number of allylic oxidation sites excluding steroid dienone is 6.